The Morgan fingerprint density at radius 3 is 2.62 bits per heavy atom. The molecule has 132 valence electrons. The summed E-state index contributed by atoms with van der Waals surface area (Å²) in [6.45, 7) is 2.30. The molecule has 2 aromatic carbocycles. The van der Waals surface area contributed by atoms with E-state index in [0.29, 0.717) is 18.0 Å². The number of carboxylic acids is 1. The van der Waals surface area contributed by atoms with Crippen molar-refractivity contribution in [3.63, 3.8) is 0 Å². The molecule has 1 aromatic heterocycles. The number of ether oxygens (including phenoxy) is 1. The van der Waals surface area contributed by atoms with Crippen LogP contribution in [0.5, 0.6) is 5.75 Å². The van der Waals surface area contributed by atoms with Gasteiger partial charge in [0.2, 0.25) is 11.2 Å². The van der Waals surface area contributed by atoms with Crippen LogP contribution in [0.3, 0.4) is 0 Å². The lowest BCUT2D eigenvalue weighted by Crippen LogP contribution is -2.11. The second-order valence-electron chi connectivity index (χ2n) is 5.73. The molecule has 3 rings (SSSR count). The molecule has 1 heterocycles. The Kier molecular flexibility index (Phi) is 5.17. The maximum Gasteiger partial charge on any atom is 0.335 e. The van der Waals surface area contributed by atoms with Gasteiger partial charge in [0.1, 0.15) is 5.58 Å². The highest BCUT2D eigenvalue weighted by Gasteiger charge is 2.16. The second-order valence-corrected chi connectivity index (χ2v) is 5.73. The minimum absolute atomic E-state index is 0.0267. The Labute approximate surface area is 150 Å². The maximum atomic E-state index is 12.8. The molecule has 26 heavy (non-hydrogen) atoms. The van der Waals surface area contributed by atoms with Crippen LogP contribution in [0.2, 0.25) is 0 Å². The van der Waals surface area contributed by atoms with E-state index < -0.39 is 5.97 Å². The number of rotatable bonds is 6. The predicted molar refractivity (Wildman–Crippen MR) is 101 cm³/mol. The minimum atomic E-state index is -1.10. The van der Waals surface area contributed by atoms with Crippen molar-refractivity contribution in [3.8, 4) is 5.75 Å². The molecule has 1 N–H and O–H groups in total. The molecule has 0 aliphatic heterocycles. The van der Waals surface area contributed by atoms with Crippen LogP contribution in [0.4, 0.5) is 0 Å². The van der Waals surface area contributed by atoms with Gasteiger partial charge >= 0.3 is 5.97 Å². The first-order valence-corrected chi connectivity index (χ1v) is 8.30. The van der Waals surface area contributed by atoms with Gasteiger partial charge in [-0.2, -0.15) is 0 Å². The van der Waals surface area contributed by atoms with Gasteiger partial charge in [0, 0.05) is 0 Å². The lowest BCUT2D eigenvalue weighted by molar-refractivity contribution is 0.0697. The van der Waals surface area contributed by atoms with E-state index in [2.05, 4.69) is 0 Å². The van der Waals surface area contributed by atoms with E-state index in [1.54, 1.807) is 6.08 Å². The number of hydrogen-bond donors (Lipinski definition) is 1. The van der Waals surface area contributed by atoms with Gasteiger partial charge in [-0.3, -0.25) is 4.79 Å². The van der Waals surface area contributed by atoms with Gasteiger partial charge in [-0.15, -0.1) is 0 Å². The topological polar surface area (TPSA) is 76.7 Å². The Bertz CT molecular complexity index is 1020. The van der Waals surface area contributed by atoms with Crippen LogP contribution in [-0.2, 0) is 0 Å². The monoisotopic (exact) mass is 350 g/mol. The van der Waals surface area contributed by atoms with E-state index in [0.717, 1.165) is 12.0 Å². The van der Waals surface area contributed by atoms with Crippen molar-refractivity contribution in [2.24, 2.45) is 0 Å². The van der Waals surface area contributed by atoms with Crippen LogP contribution in [0.25, 0.3) is 23.1 Å². The molecule has 0 amide bonds. The van der Waals surface area contributed by atoms with Crippen molar-refractivity contribution in [2.75, 3.05) is 6.61 Å². The van der Waals surface area contributed by atoms with Gasteiger partial charge in [-0.1, -0.05) is 43.3 Å². The first-order chi connectivity index (χ1) is 12.6. The molecule has 0 unspecified atom stereocenters. The van der Waals surface area contributed by atoms with Gasteiger partial charge in [-0.05, 0) is 36.3 Å². The number of carboxylic acid groups (broad SMARTS) is 1. The zero-order valence-electron chi connectivity index (χ0n) is 14.3. The lowest BCUT2D eigenvalue weighted by Gasteiger charge is -2.09. The van der Waals surface area contributed by atoms with E-state index in [1.165, 1.54) is 18.2 Å². The zero-order chi connectivity index (χ0) is 18.5. The number of benzene rings is 2. The standard InChI is InChI=1S/C21H18O5/c1-2-12-25-20-18(10-8-14-6-4-3-5-7-14)26-17-11-9-15(21(23)24)13-16(17)19(20)22/h3-11,13H,2,12H2,1H3,(H,23,24)/b10-8+. The van der Waals surface area contributed by atoms with E-state index >= 15 is 0 Å². The number of hydrogen-bond acceptors (Lipinski definition) is 4. The number of carbonyl (C=O) groups is 1. The highest BCUT2D eigenvalue weighted by atomic mass is 16.5. The third-order valence-corrected chi connectivity index (χ3v) is 3.80. The van der Waals surface area contributed by atoms with Gasteiger partial charge in [0.05, 0.1) is 17.6 Å². The minimum Gasteiger partial charge on any atom is -0.486 e. The second kappa shape index (κ2) is 7.70. The van der Waals surface area contributed by atoms with E-state index in [4.69, 9.17) is 14.3 Å². The van der Waals surface area contributed by atoms with Crippen molar-refractivity contribution in [1.82, 2.24) is 0 Å². The summed E-state index contributed by atoms with van der Waals surface area (Å²) in [6.07, 6.45) is 4.25. The van der Waals surface area contributed by atoms with E-state index in [1.807, 2.05) is 43.3 Å². The Morgan fingerprint density at radius 1 is 1.15 bits per heavy atom. The third-order valence-electron chi connectivity index (χ3n) is 3.80. The lowest BCUT2D eigenvalue weighted by atomic mass is 10.1. The van der Waals surface area contributed by atoms with Crippen molar-refractivity contribution >= 4 is 29.1 Å². The summed E-state index contributed by atoms with van der Waals surface area (Å²) in [6, 6.07) is 13.8. The van der Waals surface area contributed by atoms with Gasteiger partial charge in [-0.25, -0.2) is 4.79 Å². The van der Waals surface area contributed by atoms with Gasteiger partial charge in [0.25, 0.3) is 0 Å². The fraction of sp³-hybridized carbons (Fsp3) is 0.143. The fourth-order valence-corrected chi connectivity index (χ4v) is 2.52. The average molecular weight is 350 g/mol. The zero-order valence-corrected chi connectivity index (χ0v) is 14.3. The average Bonchev–Trinajstić information content (AvgIpc) is 2.66. The first-order valence-electron chi connectivity index (χ1n) is 8.30. The summed E-state index contributed by atoms with van der Waals surface area (Å²) in [7, 11) is 0. The predicted octanol–water partition coefficient (Wildman–Crippen LogP) is 4.45. The van der Waals surface area contributed by atoms with Gasteiger partial charge in [0.15, 0.2) is 5.76 Å². The van der Waals surface area contributed by atoms with Crippen LogP contribution in [-0.4, -0.2) is 17.7 Å². The summed E-state index contributed by atoms with van der Waals surface area (Å²) in [5.41, 5.74) is 0.920. The normalized spacial score (nSPS) is 11.1. The van der Waals surface area contributed by atoms with Crippen LogP contribution in [0.1, 0.15) is 35.0 Å². The summed E-state index contributed by atoms with van der Waals surface area (Å²) >= 11 is 0. The molecule has 0 atom stereocenters. The SMILES string of the molecule is CCCOc1c(/C=C/c2ccccc2)oc2ccc(C(=O)O)cc2c1=O. The van der Waals surface area contributed by atoms with Crippen LogP contribution < -0.4 is 10.2 Å². The quantitative estimate of drug-likeness (QED) is 0.711. The third kappa shape index (κ3) is 3.67. The summed E-state index contributed by atoms with van der Waals surface area (Å²) in [5.74, 6) is -0.702. The highest BCUT2D eigenvalue weighted by Crippen LogP contribution is 2.24. The van der Waals surface area contributed by atoms with Crippen molar-refractivity contribution in [1.29, 1.82) is 0 Å². The molecular formula is C21H18O5. The molecule has 0 aliphatic rings. The molecule has 3 aromatic rings. The Hall–Kier alpha value is -3.34. The molecule has 0 aliphatic carbocycles. The number of fused-ring (bicyclic) bond motifs is 1. The van der Waals surface area contributed by atoms with Crippen LogP contribution in [0, 0.1) is 0 Å². The Morgan fingerprint density at radius 2 is 1.92 bits per heavy atom. The Balaban J connectivity index is 2.14. The number of aromatic carboxylic acids is 1. The summed E-state index contributed by atoms with van der Waals surface area (Å²) in [4.78, 5) is 24.0. The smallest absolute Gasteiger partial charge is 0.335 e. The molecular weight excluding hydrogens is 332 g/mol. The van der Waals surface area contributed by atoms with E-state index in [9.17, 15) is 9.59 Å². The molecule has 0 fully saturated rings. The molecule has 0 bridgehead atoms. The summed E-state index contributed by atoms with van der Waals surface area (Å²) < 4.78 is 11.4. The van der Waals surface area contributed by atoms with Crippen molar-refractivity contribution < 1.29 is 19.1 Å². The van der Waals surface area contributed by atoms with Crippen molar-refractivity contribution in [2.45, 2.75) is 13.3 Å². The largest absolute Gasteiger partial charge is 0.486 e. The molecule has 0 saturated heterocycles. The van der Waals surface area contributed by atoms with Crippen LogP contribution in [0.15, 0.2) is 57.7 Å². The van der Waals surface area contributed by atoms with Crippen LogP contribution >= 0.6 is 0 Å². The molecule has 5 heteroatoms. The molecule has 0 saturated carbocycles. The van der Waals surface area contributed by atoms with E-state index in [-0.39, 0.29) is 22.1 Å². The first kappa shape index (κ1) is 17.5. The summed E-state index contributed by atoms with van der Waals surface area (Å²) in [5, 5.41) is 9.32. The molecule has 0 spiro atoms. The molecule has 5 nitrogen and oxygen atoms in total. The van der Waals surface area contributed by atoms with Gasteiger partial charge < -0.3 is 14.3 Å². The van der Waals surface area contributed by atoms with Crippen molar-refractivity contribution in [3.05, 3.63) is 75.6 Å². The fourth-order valence-electron chi connectivity index (χ4n) is 2.52. The maximum absolute atomic E-state index is 12.8. The molecule has 0 radical (unpaired) electrons. The highest BCUT2D eigenvalue weighted by molar-refractivity contribution is 5.93.